The Kier molecular flexibility index (Phi) is 7.58. The molecule has 0 spiro atoms. The van der Waals surface area contributed by atoms with Crippen LogP contribution in [0, 0.1) is 0 Å². The van der Waals surface area contributed by atoms with Crippen molar-refractivity contribution >= 4 is 35.4 Å². The Labute approximate surface area is 117 Å². The molecule has 2 atom stereocenters. The normalized spacial score (nSPS) is 23.7. The Morgan fingerprint density at radius 2 is 1.72 bits per heavy atom. The fourth-order valence-electron chi connectivity index (χ4n) is 1.66. The highest BCUT2D eigenvalue weighted by molar-refractivity contribution is 7.99. The van der Waals surface area contributed by atoms with Crippen molar-refractivity contribution in [1.82, 2.24) is 5.32 Å². The number of carbonyl (C=O) groups excluding carboxylic acids is 2. The summed E-state index contributed by atoms with van der Waals surface area (Å²) in [4.78, 5) is 23.5. The van der Waals surface area contributed by atoms with Crippen LogP contribution in [0.15, 0.2) is 0 Å². The quantitative estimate of drug-likeness (QED) is 0.545. The van der Waals surface area contributed by atoms with E-state index < -0.39 is 12.1 Å². The highest BCUT2D eigenvalue weighted by Crippen LogP contribution is 2.15. The smallest absolute Gasteiger partial charge is 0.329 e. The molecule has 1 N–H and O–H groups in total. The zero-order chi connectivity index (χ0) is 13.4. The molecule has 0 unspecified atom stereocenters. The summed E-state index contributed by atoms with van der Waals surface area (Å²) in [5.41, 5.74) is 0. The SMILES string of the molecule is CCSCC[C@@H]1NC(=O)[C@H](CCSCC)OC1=O. The van der Waals surface area contributed by atoms with E-state index in [0.717, 1.165) is 23.0 Å². The lowest BCUT2D eigenvalue weighted by atomic mass is 10.1. The fourth-order valence-corrected chi connectivity index (χ4v) is 3.02. The van der Waals surface area contributed by atoms with Gasteiger partial charge in [-0.2, -0.15) is 23.5 Å². The first kappa shape index (κ1) is 15.7. The number of carbonyl (C=O) groups is 2. The van der Waals surface area contributed by atoms with Gasteiger partial charge in [0.15, 0.2) is 6.10 Å². The van der Waals surface area contributed by atoms with Crippen LogP contribution < -0.4 is 5.32 Å². The average Bonchev–Trinajstić information content (AvgIpc) is 2.35. The number of rotatable bonds is 8. The van der Waals surface area contributed by atoms with Gasteiger partial charge in [0, 0.05) is 6.42 Å². The van der Waals surface area contributed by atoms with E-state index in [1.165, 1.54) is 0 Å². The monoisotopic (exact) mass is 291 g/mol. The van der Waals surface area contributed by atoms with Crippen LogP contribution in [0.1, 0.15) is 26.7 Å². The van der Waals surface area contributed by atoms with Gasteiger partial charge < -0.3 is 10.1 Å². The molecule has 104 valence electrons. The minimum absolute atomic E-state index is 0.141. The highest BCUT2D eigenvalue weighted by atomic mass is 32.2. The zero-order valence-electron chi connectivity index (χ0n) is 10.9. The van der Waals surface area contributed by atoms with Crippen LogP contribution in [0.4, 0.5) is 0 Å². The van der Waals surface area contributed by atoms with Crippen LogP contribution >= 0.6 is 23.5 Å². The third-order valence-electron chi connectivity index (χ3n) is 2.64. The van der Waals surface area contributed by atoms with E-state index in [0.29, 0.717) is 12.8 Å². The van der Waals surface area contributed by atoms with Crippen LogP contribution in [-0.4, -0.2) is 47.0 Å². The maximum atomic E-state index is 11.8. The summed E-state index contributed by atoms with van der Waals surface area (Å²) in [5, 5.41) is 2.77. The van der Waals surface area contributed by atoms with Crippen molar-refractivity contribution in [2.45, 2.75) is 38.8 Å². The lowest BCUT2D eigenvalue weighted by molar-refractivity contribution is -0.165. The Balaban J connectivity index is 2.34. The summed E-state index contributed by atoms with van der Waals surface area (Å²) < 4.78 is 5.21. The minimum atomic E-state index is -0.591. The lowest BCUT2D eigenvalue weighted by Crippen LogP contribution is -2.54. The molecule has 6 heteroatoms. The Morgan fingerprint density at radius 1 is 1.11 bits per heavy atom. The van der Waals surface area contributed by atoms with Crippen molar-refractivity contribution in [2.75, 3.05) is 23.0 Å². The minimum Gasteiger partial charge on any atom is -0.451 e. The molecule has 0 aromatic carbocycles. The van der Waals surface area contributed by atoms with E-state index in [1.54, 1.807) is 23.5 Å². The van der Waals surface area contributed by atoms with Gasteiger partial charge in [-0.05, 0) is 29.4 Å². The molecule has 1 heterocycles. The maximum absolute atomic E-state index is 11.8. The zero-order valence-corrected chi connectivity index (χ0v) is 12.6. The van der Waals surface area contributed by atoms with Gasteiger partial charge in [0.05, 0.1) is 0 Å². The molecule has 0 aliphatic carbocycles. The van der Waals surface area contributed by atoms with Gasteiger partial charge in [0.2, 0.25) is 0 Å². The molecule has 1 rings (SSSR count). The van der Waals surface area contributed by atoms with Crippen LogP contribution in [0.3, 0.4) is 0 Å². The topological polar surface area (TPSA) is 55.4 Å². The molecule has 1 aliphatic heterocycles. The second kappa shape index (κ2) is 8.69. The van der Waals surface area contributed by atoms with Crippen LogP contribution in [0.5, 0.6) is 0 Å². The largest absolute Gasteiger partial charge is 0.451 e. The van der Waals surface area contributed by atoms with Crippen molar-refractivity contribution in [3.8, 4) is 0 Å². The molecule has 0 saturated carbocycles. The van der Waals surface area contributed by atoms with Gasteiger partial charge in [-0.3, -0.25) is 4.79 Å². The summed E-state index contributed by atoms with van der Waals surface area (Å²) in [6, 6.07) is -0.452. The summed E-state index contributed by atoms with van der Waals surface area (Å²) in [6.07, 6.45) is 0.665. The number of amides is 1. The molecule has 1 aliphatic rings. The van der Waals surface area contributed by atoms with Gasteiger partial charge in [0.25, 0.3) is 5.91 Å². The third-order valence-corrected chi connectivity index (χ3v) is 4.50. The molecule has 0 aromatic heterocycles. The highest BCUT2D eigenvalue weighted by Gasteiger charge is 2.34. The molecule has 4 nitrogen and oxygen atoms in total. The molecule has 1 saturated heterocycles. The number of ether oxygens (including phenoxy) is 1. The molecule has 0 bridgehead atoms. The number of hydrogen-bond acceptors (Lipinski definition) is 5. The second-order valence-electron chi connectivity index (χ2n) is 3.96. The van der Waals surface area contributed by atoms with Gasteiger partial charge in [-0.15, -0.1) is 0 Å². The van der Waals surface area contributed by atoms with E-state index in [9.17, 15) is 9.59 Å². The number of esters is 1. The van der Waals surface area contributed by atoms with Crippen LogP contribution in [-0.2, 0) is 14.3 Å². The van der Waals surface area contributed by atoms with E-state index >= 15 is 0 Å². The van der Waals surface area contributed by atoms with Crippen molar-refractivity contribution in [1.29, 1.82) is 0 Å². The molecule has 0 radical (unpaired) electrons. The fraction of sp³-hybridized carbons (Fsp3) is 0.833. The Hall–Kier alpha value is -0.360. The van der Waals surface area contributed by atoms with Crippen molar-refractivity contribution < 1.29 is 14.3 Å². The summed E-state index contributed by atoms with van der Waals surface area (Å²) in [5.74, 6) is 3.33. The number of nitrogens with one attached hydrogen (secondary N) is 1. The van der Waals surface area contributed by atoms with Crippen molar-refractivity contribution in [2.24, 2.45) is 0 Å². The summed E-state index contributed by atoms with van der Waals surface area (Å²) in [6.45, 7) is 4.14. The lowest BCUT2D eigenvalue weighted by Gasteiger charge is -2.28. The molecule has 1 fully saturated rings. The van der Waals surface area contributed by atoms with Crippen LogP contribution in [0.2, 0.25) is 0 Å². The number of cyclic esters (lactones) is 1. The first-order valence-electron chi connectivity index (χ1n) is 6.35. The standard InChI is InChI=1S/C12H21NO3S2/c1-3-17-7-5-9-12(15)16-10(11(14)13-9)6-8-18-4-2/h9-10H,3-8H2,1-2H3,(H,13,14)/t9-,10-/m0/s1. The number of hydrogen-bond donors (Lipinski definition) is 1. The number of morpholine rings is 1. The summed E-state index contributed by atoms with van der Waals surface area (Å²) >= 11 is 3.51. The molecular formula is C12H21NO3S2. The first-order chi connectivity index (χ1) is 8.69. The van der Waals surface area contributed by atoms with E-state index in [1.807, 2.05) is 0 Å². The molecule has 1 amide bonds. The first-order valence-corrected chi connectivity index (χ1v) is 8.66. The van der Waals surface area contributed by atoms with Gasteiger partial charge in [-0.1, -0.05) is 13.8 Å². The van der Waals surface area contributed by atoms with E-state index in [2.05, 4.69) is 19.2 Å². The van der Waals surface area contributed by atoms with Crippen molar-refractivity contribution in [3.63, 3.8) is 0 Å². The maximum Gasteiger partial charge on any atom is 0.329 e. The van der Waals surface area contributed by atoms with Crippen LogP contribution in [0.25, 0.3) is 0 Å². The Morgan fingerprint density at radius 3 is 2.33 bits per heavy atom. The van der Waals surface area contributed by atoms with Gasteiger partial charge >= 0.3 is 5.97 Å². The van der Waals surface area contributed by atoms with Gasteiger partial charge in [-0.25, -0.2) is 4.79 Å². The third kappa shape index (κ3) is 5.10. The average molecular weight is 291 g/mol. The predicted molar refractivity (Wildman–Crippen MR) is 77.0 cm³/mol. The predicted octanol–water partition coefficient (Wildman–Crippen LogP) is 1.68. The van der Waals surface area contributed by atoms with Gasteiger partial charge in [0.1, 0.15) is 6.04 Å². The van der Waals surface area contributed by atoms with E-state index in [4.69, 9.17) is 4.74 Å². The molecule has 0 aromatic rings. The van der Waals surface area contributed by atoms with Crippen molar-refractivity contribution in [3.05, 3.63) is 0 Å². The molecule has 18 heavy (non-hydrogen) atoms. The molecular weight excluding hydrogens is 270 g/mol. The second-order valence-corrected chi connectivity index (χ2v) is 6.75. The van der Waals surface area contributed by atoms with E-state index in [-0.39, 0.29) is 11.9 Å². The number of thioether (sulfide) groups is 2. The Bertz CT molecular complexity index is 258. The summed E-state index contributed by atoms with van der Waals surface area (Å²) in [7, 11) is 0.